The first-order chi connectivity index (χ1) is 8.50. The minimum atomic E-state index is -3.16. The molecule has 98 valence electrons. The van der Waals surface area contributed by atoms with Gasteiger partial charge in [0, 0.05) is 17.8 Å². The highest BCUT2D eigenvalue weighted by Gasteiger charge is 2.14. The number of hydrogen-bond donors (Lipinski definition) is 1. The molecule has 1 aromatic heterocycles. The van der Waals surface area contributed by atoms with E-state index in [4.69, 9.17) is 4.42 Å². The van der Waals surface area contributed by atoms with Crippen molar-refractivity contribution in [1.29, 1.82) is 0 Å². The Morgan fingerprint density at radius 3 is 2.72 bits per heavy atom. The van der Waals surface area contributed by atoms with Crippen LogP contribution in [-0.4, -0.2) is 20.2 Å². The van der Waals surface area contributed by atoms with E-state index in [1.165, 1.54) is 0 Å². The Balaban J connectivity index is 2.09. The molecule has 5 heteroatoms. The summed E-state index contributed by atoms with van der Waals surface area (Å²) < 4.78 is 31.1. The van der Waals surface area contributed by atoms with Crippen LogP contribution in [0.25, 0.3) is 11.0 Å². The highest BCUT2D eigenvalue weighted by molar-refractivity contribution is 7.89. The summed E-state index contributed by atoms with van der Waals surface area (Å²) in [7, 11) is -3.16. The summed E-state index contributed by atoms with van der Waals surface area (Å²) in [6.07, 6.45) is 0.550. The third-order valence-electron chi connectivity index (χ3n) is 2.74. The number of benzene rings is 1. The Morgan fingerprint density at radius 2 is 2.06 bits per heavy atom. The van der Waals surface area contributed by atoms with Crippen LogP contribution in [0.2, 0.25) is 0 Å². The molecule has 4 nitrogen and oxygen atoms in total. The molecule has 0 aliphatic rings. The van der Waals surface area contributed by atoms with Gasteiger partial charge >= 0.3 is 0 Å². The molecular formula is C13H17NO3S. The molecule has 2 aromatic rings. The molecule has 0 bridgehead atoms. The van der Waals surface area contributed by atoms with E-state index < -0.39 is 10.0 Å². The molecule has 0 aliphatic carbocycles. The van der Waals surface area contributed by atoms with Crippen molar-refractivity contribution < 1.29 is 12.8 Å². The molecule has 0 saturated carbocycles. The Morgan fingerprint density at radius 1 is 1.33 bits per heavy atom. The van der Waals surface area contributed by atoms with Gasteiger partial charge in [0.05, 0.1) is 5.75 Å². The van der Waals surface area contributed by atoms with Crippen LogP contribution in [0.1, 0.15) is 19.6 Å². The minimum absolute atomic E-state index is 0.0947. The molecule has 0 amide bonds. The first-order valence-corrected chi connectivity index (χ1v) is 7.63. The van der Waals surface area contributed by atoms with Crippen LogP contribution in [0.5, 0.6) is 0 Å². The number of fused-ring (bicyclic) bond motifs is 1. The van der Waals surface area contributed by atoms with Crippen LogP contribution in [0.3, 0.4) is 0 Å². The number of nitrogens with one attached hydrogen (secondary N) is 1. The van der Waals surface area contributed by atoms with Gasteiger partial charge in [-0.2, -0.15) is 0 Å². The monoisotopic (exact) mass is 267 g/mol. The van der Waals surface area contributed by atoms with Crippen molar-refractivity contribution in [3.63, 3.8) is 0 Å². The predicted octanol–water partition coefficient (Wildman–Crippen LogP) is 2.30. The Hall–Kier alpha value is -1.33. The Bertz CT molecular complexity index is 597. The maximum Gasteiger partial charge on any atom is 0.211 e. The number of para-hydroxylation sites is 1. The molecule has 0 unspecified atom stereocenters. The number of rotatable bonds is 5. The molecule has 0 saturated heterocycles. The molecular weight excluding hydrogens is 250 g/mol. The molecule has 1 N–H and O–H groups in total. The average molecular weight is 267 g/mol. The van der Waals surface area contributed by atoms with Crippen LogP contribution in [-0.2, 0) is 16.4 Å². The Kier molecular flexibility index (Phi) is 3.73. The van der Waals surface area contributed by atoms with E-state index in [9.17, 15) is 8.42 Å². The quantitative estimate of drug-likeness (QED) is 0.904. The maximum absolute atomic E-state index is 11.4. The van der Waals surface area contributed by atoms with Crippen molar-refractivity contribution in [3.05, 3.63) is 36.1 Å². The SMILES string of the molecule is CCS(=O)(=O)N[C@@H](C)Cc1cc2ccccc2o1. The minimum Gasteiger partial charge on any atom is -0.461 e. The van der Waals surface area contributed by atoms with Crippen molar-refractivity contribution in [2.45, 2.75) is 26.3 Å². The lowest BCUT2D eigenvalue weighted by molar-refractivity contribution is 0.504. The molecule has 0 aliphatic heterocycles. The van der Waals surface area contributed by atoms with Crippen LogP contribution < -0.4 is 4.72 Å². The fourth-order valence-electron chi connectivity index (χ4n) is 1.87. The fourth-order valence-corrected chi connectivity index (χ4v) is 2.73. The second-order valence-electron chi connectivity index (χ2n) is 4.38. The molecule has 1 aromatic carbocycles. The maximum atomic E-state index is 11.4. The van der Waals surface area contributed by atoms with Crippen molar-refractivity contribution in [1.82, 2.24) is 4.72 Å². The summed E-state index contributed by atoms with van der Waals surface area (Å²) in [6.45, 7) is 3.45. The summed E-state index contributed by atoms with van der Waals surface area (Å²) in [5.74, 6) is 0.889. The second kappa shape index (κ2) is 5.12. The molecule has 18 heavy (non-hydrogen) atoms. The summed E-state index contributed by atoms with van der Waals surface area (Å²) in [5, 5.41) is 1.04. The van der Waals surface area contributed by atoms with Gasteiger partial charge in [0.25, 0.3) is 0 Å². The van der Waals surface area contributed by atoms with E-state index >= 15 is 0 Å². The number of furan rings is 1. The van der Waals surface area contributed by atoms with Crippen molar-refractivity contribution in [2.24, 2.45) is 0 Å². The summed E-state index contributed by atoms with van der Waals surface area (Å²) in [6, 6.07) is 9.52. The van der Waals surface area contributed by atoms with Crippen LogP contribution >= 0.6 is 0 Å². The smallest absolute Gasteiger partial charge is 0.211 e. The van der Waals surface area contributed by atoms with E-state index in [-0.39, 0.29) is 11.8 Å². The van der Waals surface area contributed by atoms with Crippen molar-refractivity contribution in [2.75, 3.05) is 5.75 Å². The normalized spacial score (nSPS) is 13.9. The van der Waals surface area contributed by atoms with Gasteiger partial charge in [0.2, 0.25) is 10.0 Å². The highest BCUT2D eigenvalue weighted by atomic mass is 32.2. The predicted molar refractivity (Wildman–Crippen MR) is 72.0 cm³/mol. The van der Waals surface area contributed by atoms with Crippen molar-refractivity contribution >= 4 is 21.0 Å². The summed E-state index contributed by atoms with van der Waals surface area (Å²) in [5.41, 5.74) is 0.832. The zero-order chi connectivity index (χ0) is 13.2. The van der Waals surface area contributed by atoms with Crippen LogP contribution in [0.15, 0.2) is 34.7 Å². The van der Waals surface area contributed by atoms with E-state index in [0.29, 0.717) is 6.42 Å². The van der Waals surface area contributed by atoms with Crippen LogP contribution in [0.4, 0.5) is 0 Å². The third-order valence-corrected chi connectivity index (χ3v) is 4.27. The Labute approximate surface area is 107 Å². The van der Waals surface area contributed by atoms with Gasteiger partial charge in [-0.25, -0.2) is 13.1 Å². The van der Waals surface area contributed by atoms with Gasteiger partial charge in [0.15, 0.2) is 0 Å². The van der Waals surface area contributed by atoms with Crippen LogP contribution in [0, 0.1) is 0 Å². The summed E-state index contributed by atoms with van der Waals surface area (Å²) in [4.78, 5) is 0. The number of hydrogen-bond acceptors (Lipinski definition) is 3. The second-order valence-corrected chi connectivity index (χ2v) is 6.42. The fraction of sp³-hybridized carbons (Fsp3) is 0.385. The zero-order valence-electron chi connectivity index (χ0n) is 10.5. The third kappa shape index (κ3) is 3.11. The molecule has 0 spiro atoms. The standard InChI is InChI=1S/C13H17NO3S/c1-3-18(15,16)14-10(2)8-12-9-11-6-4-5-7-13(11)17-12/h4-7,9-10,14H,3,8H2,1-2H3/t10-/m0/s1. The highest BCUT2D eigenvalue weighted by Crippen LogP contribution is 2.19. The summed E-state index contributed by atoms with van der Waals surface area (Å²) >= 11 is 0. The van der Waals surface area contributed by atoms with E-state index in [1.54, 1.807) is 6.92 Å². The van der Waals surface area contributed by atoms with Gasteiger partial charge in [-0.1, -0.05) is 18.2 Å². The first-order valence-electron chi connectivity index (χ1n) is 5.97. The lowest BCUT2D eigenvalue weighted by Crippen LogP contribution is -2.35. The average Bonchev–Trinajstić information content (AvgIpc) is 2.70. The largest absolute Gasteiger partial charge is 0.461 e. The molecule has 0 radical (unpaired) electrons. The lowest BCUT2D eigenvalue weighted by Gasteiger charge is -2.11. The first kappa shape index (κ1) is 13.1. The molecule has 1 heterocycles. The van der Waals surface area contributed by atoms with E-state index in [2.05, 4.69) is 4.72 Å². The van der Waals surface area contributed by atoms with Gasteiger partial charge in [0.1, 0.15) is 11.3 Å². The van der Waals surface area contributed by atoms with Gasteiger partial charge in [-0.05, 0) is 26.0 Å². The van der Waals surface area contributed by atoms with E-state index in [1.807, 2.05) is 37.3 Å². The van der Waals surface area contributed by atoms with Gasteiger partial charge < -0.3 is 4.42 Å². The molecule has 0 fully saturated rings. The lowest BCUT2D eigenvalue weighted by atomic mass is 10.2. The van der Waals surface area contributed by atoms with Crippen molar-refractivity contribution in [3.8, 4) is 0 Å². The zero-order valence-corrected chi connectivity index (χ0v) is 11.3. The molecule has 2 rings (SSSR count). The van der Waals surface area contributed by atoms with Gasteiger partial charge in [-0.15, -0.1) is 0 Å². The number of sulfonamides is 1. The van der Waals surface area contributed by atoms with Gasteiger partial charge in [-0.3, -0.25) is 0 Å². The molecule has 1 atom stereocenters. The van der Waals surface area contributed by atoms with E-state index in [0.717, 1.165) is 16.7 Å². The topological polar surface area (TPSA) is 59.3 Å².